The lowest BCUT2D eigenvalue weighted by Gasteiger charge is -2.16. The lowest BCUT2D eigenvalue weighted by Crippen LogP contribution is -2.30. The van der Waals surface area contributed by atoms with E-state index in [1.54, 1.807) is 31.2 Å². The van der Waals surface area contributed by atoms with Crippen molar-refractivity contribution in [1.29, 1.82) is 0 Å². The van der Waals surface area contributed by atoms with Gasteiger partial charge >= 0.3 is 0 Å². The molecule has 0 aliphatic heterocycles. The minimum atomic E-state index is -3.62. The fraction of sp³-hybridized carbons (Fsp3) is 0.333. The quantitative estimate of drug-likeness (QED) is 0.317. The molecule has 0 saturated carbocycles. The van der Waals surface area contributed by atoms with Crippen LogP contribution in [0, 0.1) is 5.82 Å². The molecular formula is C24H28FN3O5S2. The number of carbonyl (C=O) groups excluding carboxylic acids is 1. The van der Waals surface area contributed by atoms with Crippen molar-refractivity contribution in [2.45, 2.75) is 44.6 Å². The summed E-state index contributed by atoms with van der Waals surface area (Å²) in [6.07, 6.45) is -0.325. The molecule has 1 aromatic carbocycles. The molecule has 0 bridgehead atoms. The summed E-state index contributed by atoms with van der Waals surface area (Å²) in [5, 5.41) is 23.1. The number of primary amides is 1. The number of pyridine rings is 1. The molecule has 1 unspecified atom stereocenters. The molecule has 0 saturated heterocycles. The number of anilines is 2. The first-order chi connectivity index (χ1) is 16.3. The van der Waals surface area contributed by atoms with Crippen LogP contribution in [0.5, 0.6) is 0 Å². The number of nitrogens with one attached hydrogen (secondary N) is 1. The van der Waals surface area contributed by atoms with Crippen molar-refractivity contribution < 1.29 is 27.8 Å². The molecule has 0 aliphatic carbocycles. The van der Waals surface area contributed by atoms with E-state index in [2.05, 4.69) is 10.3 Å². The van der Waals surface area contributed by atoms with Crippen LogP contribution in [0.2, 0.25) is 0 Å². The number of rotatable bonds is 10. The molecular weight excluding hydrogens is 493 g/mol. The number of aliphatic hydroxyl groups excluding tert-OH is 1. The zero-order chi connectivity index (χ0) is 26.0. The molecule has 1 amide bonds. The molecule has 3 rings (SSSR count). The number of hydrogen-bond acceptors (Lipinski definition) is 8. The van der Waals surface area contributed by atoms with Crippen molar-refractivity contribution in [2.24, 2.45) is 5.73 Å². The summed E-state index contributed by atoms with van der Waals surface area (Å²) in [5.74, 6) is -1.78. The van der Waals surface area contributed by atoms with Crippen LogP contribution in [0.15, 0.2) is 42.5 Å². The van der Waals surface area contributed by atoms with E-state index in [9.17, 15) is 27.8 Å². The van der Waals surface area contributed by atoms with Gasteiger partial charge in [-0.05, 0) is 50.1 Å². The first-order valence-corrected chi connectivity index (χ1v) is 13.5. The van der Waals surface area contributed by atoms with Gasteiger partial charge in [-0.3, -0.25) is 4.79 Å². The molecule has 8 nitrogen and oxygen atoms in total. The second kappa shape index (κ2) is 10.4. The maximum absolute atomic E-state index is 14.8. The molecule has 3 aromatic rings. The third kappa shape index (κ3) is 7.07. The number of nitrogens with zero attached hydrogens (tertiary/aromatic N) is 1. The number of sulfone groups is 1. The van der Waals surface area contributed by atoms with Crippen LogP contribution in [0.25, 0.3) is 10.4 Å². The summed E-state index contributed by atoms with van der Waals surface area (Å²) in [5.41, 5.74) is 5.25. The van der Waals surface area contributed by atoms with Crippen molar-refractivity contribution in [1.82, 2.24) is 4.98 Å². The van der Waals surface area contributed by atoms with Crippen LogP contribution in [0.3, 0.4) is 0 Å². The van der Waals surface area contributed by atoms with Gasteiger partial charge in [-0.15, -0.1) is 11.3 Å². The van der Waals surface area contributed by atoms with E-state index in [0.29, 0.717) is 21.9 Å². The number of hydrogen-bond donors (Lipinski definition) is 4. The zero-order valence-corrected chi connectivity index (χ0v) is 21.2. The number of halogens is 1. The first kappa shape index (κ1) is 26.7. The highest BCUT2D eigenvalue weighted by molar-refractivity contribution is 7.90. The van der Waals surface area contributed by atoms with E-state index in [-0.39, 0.29) is 28.4 Å². The predicted octanol–water partition coefficient (Wildman–Crippen LogP) is 3.92. The van der Waals surface area contributed by atoms with E-state index < -0.39 is 39.0 Å². The fourth-order valence-corrected chi connectivity index (χ4v) is 6.42. The molecule has 2 heterocycles. The molecule has 1 atom stereocenters. The topological polar surface area (TPSA) is 143 Å². The first-order valence-electron chi connectivity index (χ1n) is 10.9. The third-order valence-corrected chi connectivity index (χ3v) is 7.98. The summed E-state index contributed by atoms with van der Waals surface area (Å²) >= 11 is 1.09. The van der Waals surface area contributed by atoms with Gasteiger partial charge in [0.05, 0.1) is 34.5 Å². The molecule has 5 N–H and O–H groups in total. The normalized spacial score (nSPS) is 13.0. The zero-order valence-electron chi connectivity index (χ0n) is 19.6. The van der Waals surface area contributed by atoms with Crippen molar-refractivity contribution >= 4 is 37.9 Å². The summed E-state index contributed by atoms with van der Waals surface area (Å²) in [4.78, 5) is 16.8. The second-order valence-corrected chi connectivity index (χ2v) is 12.0. The molecule has 0 aliphatic rings. The van der Waals surface area contributed by atoms with E-state index in [1.807, 2.05) is 0 Å². The third-order valence-electron chi connectivity index (χ3n) is 5.02. The van der Waals surface area contributed by atoms with Crippen LogP contribution in [-0.4, -0.2) is 40.9 Å². The van der Waals surface area contributed by atoms with Crippen LogP contribution < -0.4 is 11.1 Å². The summed E-state index contributed by atoms with van der Waals surface area (Å²) in [6, 6.07) is 10.7. The molecule has 11 heteroatoms. The van der Waals surface area contributed by atoms with E-state index in [1.165, 1.54) is 32.0 Å². The number of aromatic nitrogens is 1. The number of nitrogens with two attached hydrogens (primary N) is 1. The molecule has 35 heavy (non-hydrogen) atoms. The second-order valence-electron chi connectivity index (χ2n) is 8.86. The highest BCUT2D eigenvalue weighted by Gasteiger charge is 2.24. The van der Waals surface area contributed by atoms with Gasteiger partial charge in [-0.1, -0.05) is 25.1 Å². The summed E-state index contributed by atoms with van der Waals surface area (Å²) in [7, 11) is -3.62. The number of aliphatic hydroxyl groups is 2. The van der Waals surface area contributed by atoms with Crippen molar-refractivity contribution in [3.63, 3.8) is 0 Å². The molecule has 0 fully saturated rings. The standard InChI is InChI=1S/C24H28FN3O5S2/c1-4-19(29)14-8-9-16(18(25)10-14)20-11-17(22(26)30)23(34-20)28-21-7-5-6-15(27-21)12-35(32,33)13-24(2,3)31/h5-11,19,29,31H,4,12-13H2,1-3H3,(H2,26,30)(H,27,28). The Labute approximate surface area is 207 Å². The molecule has 0 spiro atoms. The van der Waals surface area contributed by atoms with Gasteiger partial charge in [-0.2, -0.15) is 0 Å². The Bertz CT molecular complexity index is 1330. The van der Waals surface area contributed by atoms with E-state index in [4.69, 9.17) is 5.73 Å². The Hall–Kier alpha value is -2.86. The minimum absolute atomic E-state index is 0.129. The lowest BCUT2D eigenvalue weighted by atomic mass is 10.0. The van der Waals surface area contributed by atoms with Gasteiger partial charge in [0.1, 0.15) is 16.6 Å². The molecule has 188 valence electrons. The van der Waals surface area contributed by atoms with Gasteiger partial charge in [0, 0.05) is 10.4 Å². The van der Waals surface area contributed by atoms with Crippen molar-refractivity contribution in [3.05, 3.63) is 65.1 Å². The monoisotopic (exact) mass is 521 g/mol. The van der Waals surface area contributed by atoms with Crippen molar-refractivity contribution in [2.75, 3.05) is 11.1 Å². The Morgan fingerprint density at radius 3 is 2.57 bits per heavy atom. The number of amides is 1. The van der Waals surface area contributed by atoms with Gasteiger partial charge in [-0.25, -0.2) is 17.8 Å². The highest BCUT2D eigenvalue weighted by atomic mass is 32.2. The Kier molecular flexibility index (Phi) is 7.95. The minimum Gasteiger partial charge on any atom is -0.389 e. The SMILES string of the molecule is CCC(O)c1ccc(-c2cc(C(N)=O)c(Nc3cccc(CS(=O)(=O)CC(C)(C)O)n3)s2)c(F)c1. The van der Waals surface area contributed by atoms with Crippen molar-refractivity contribution in [3.8, 4) is 10.4 Å². The largest absolute Gasteiger partial charge is 0.389 e. The van der Waals surface area contributed by atoms with E-state index >= 15 is 0 Å². The van der Waals surface area contributed by atoms with Gasteiger partial charge in [0.2, 0.25) is 0 Å². The highest BCUT2D eigenvalue weighted by Crippen LogP contribution is 2.38. The van der Waals surface area contributed by atoms with Crippen LogP contribution in [0.4, 0.5) is 15.2 Å². The van der Waals surface area contributed by atoms with E-state index in [0.717, 1.165) is 11.3 Å². The Morgan fingerprint density at radius 2 is 1.97 bits per heavy atom. The Morgan fingerprint density at radius 1 is 1.26 bits per heavy atom. The maximum Gasteiger partial charge on any atom is 0.251 e. The maximum atomic E-state index is 14.8. The smallest absolute Gasteiger partial charge is 0.251 e. The average molecular weight is 522 g/mol. The summed E-state index contributed by atoms with van der Waals surface area (Å²) in [6.45, 7) is 4.62. The fourth-order valence-electron chi connectivity index (χ4n) is 3.53. The average Bonchev–Trinajstić information content (AvgIpc) is 3.14. The molecule has 0 radical (unpaired) electrons. The number of carbonyl (C=O) groups is 1. The number of thiophene rings is 1. The number of benzene rings is 1. The summed E-state index contributed by atoms with van der Waals surface area (Å²) < 4.78 is 39.6. The van der Waals surface area contributed by atoms with Gasteiger partial charge < -0.3 is 21.3 Å². The van der Waals surface area contributed by atoms with Crippen LogP contribution >= 0.6 is 11.3 Å². The van der Waals surface area contributed by atoms with Crippen LogP contribution in [0.1, 0.15) is 54.9 Å². The Balaban J connectivity index is 1.89. The van der Waals surface area contributed by atoms with Crippen LogP contribution in [-0.2, 0) is 15.6 Å². The lowest BCUT2D eigenvalue weighted by molar-refractivity contribution is 0.1000. The molecule has 2 aromatic heterocycles. The van der Waals surface area contributed by atoms with Gasteiger partial charge in [0.15, 0.2) is 9.84 Å². The predicted molar refractivity (Wildman–Crippen MR) is 135 cm³/mol. The van der Waals surface area contributed by atoms with Gasteiger partial charge in [0.25, 0.3) is 5.91 Å².